The molecule has 7 nitrogen and oxygen atoms in total. The minimum atomic E-state index is -0.750. The summed E-state index contributed by atoms with van der Waals surface area (Å²) in [5.41, 5.74) is 8.19. The smallest absolute Gasteiger partial charge is 0.237 e. The number of likely N-dealkylation sites (tertiary alicyclic amines) is 1. The monoisotopic (exact) mass is 439 g/mol. The minimum absolute atomic E-state index is 0.110. The van der Waals surface area contributed by atoms with E-state index in [4.69, 9.17) is 10.5 Å². The number of halogens is 1. The number of piperidine rings is 1. The van der Waals surface area contributed by atoms with E-state index in [2.05, 4.69) is 34.2 Å². The molecule has 4 rings (SSSR count). The first kappa shape index (κ1) is 22.2. The summed E-state index contributed by atoms with van der Waals surface area (Å²) in [5.74, 6) is -0.0722. The van der Waals surface area contributed by atoms with Crippen molar-refractivity contribution in [3.63, 3.8) is 0 Å². The number of H-pyrrole nitrogens is 1. The molecule has 1 unspecified atom stereocenters. The van der Waals surface area contributed by atoms with Gasteiger partial charge in [0.15, 0.2) is 11.6 Å². The van der Waals surface area contributed by atoms with E-state index in [9.17, 15) is 9.18 Å². The van der Waals surface area contributed by atoms with Crippen molar-refractivity contribution >= 4 is 16.9 Å². The second-order valence-electron chi connectivity index (χ2n) is 9.04. The number of carbonyl (C=O) groups is 1. The third-order valence-corrected chi connectivity index (χ3v) is 6.26. The molecule has 3 heterocycles. The summed E-state index contributed by atoms with van der Waals surface area (Å²) in [7, 11) is 2.08. The van der Waals surface area contributed by atoms with Crippen molar-refractivity contribution in [2.45, 2.75) is 44.7 Å². The molecular formula is C24H30FN5O2. The van der Waals surface area contributed by atoms with Crippen LogP contribution in [-0.4, -0.2) is 52.5 Å². The summed E-state index contributed by atoms with van der Waals surface area (Å²) in [4.78, 5) is 22.2. The van der Waals surface area contributed by atoms with Crippen LogP contribution in [0.2, 0.25) is 0 Å². The molecule has 4 N–H and O–H groups in total. The molecule has 1 saturated heterocycles. The maximum absolute atomic E-state index is 14.8. The summed E-state index contributed by atoms with van der Waals surface area (Å²) < 4.78 is 20.6. The molecule has 1 amide bonds. The second kappa shape index (κ2) is 8.88. The van der Waals surface area contributed by atoms with Gasteiger partial charge in [-0.2, -0.15) is 0 Å². The Morgan fingerprint density at radius 3 is 2.81 bits per heavy atom. The van der Waals surface area contributed by atoms with Gasteiger partial charge >= 0.3 is 0 Å². The first-order chi connectivity index (χ1) is 15.2. The van der Waals surface area contributed by atoms with Crippen molar-refractivity contribution in [2.24, 2.45) is 5.73 Å². The zero-order valence-corrected chi connectivity index (χ0v) is 18.7. The van der Waals surface area contributed by atoms with Crippen LogP contribution >= 0.6 is 0 Å². The molecule has 0 saturated carbocycles. The number of pyridine rings is 1. The zero-order valence-electron chi connectivity index (χ0n) is 18.7. The van der Waals surface area contributed by atoms with Crippen LogP contribution in [0.15, 0.2) is 36.7 Å². The summed E-state index contributed by atoms with van der Waals surface area (Å²) in [6, 6.07) is 5.65. The fourth-order valence-corrected chi connectivity index (χ4v) is 4.11. The summed E-state index contributed by atoms with van der Waals surface area (Å²) in [6.45, 7) is 5.86. The third-order valence-electron chi connectivity index (χ3n) is 6.26. The molecule has 1 aromatic carbocycles. The Kier molecular flexibility index (Phi) is 6.17. The molecule has 0 aliphatic carbocycles. The fraction of sp³-hybridized carbons (Fsp3) is 0.417. The van der Waals surface area contributed by atoms with Crippen molar-refractivity contribution in [3.05, 3.63) is 53.6 Å². The van der Waals surface area contributed by atoms with E-state index in [1.165, 1.54) is 6.07 Å². The highest BCUT2D eigenvalue weighted by Crippen LogP contribution is 2.32. The van der Waals surface area contributed by atoms with E-state index < -0.39 is 11.9 Å². The van der Waals surface area contributed by atoms with Gasteiger partial charge in [0.1, 0.15) is 11.4 Å². The Morgan fingerprint density at radius 2 is 2.09 bits per heavy atom. The van der Waals surface area contributed by atoms with Gasteiger partial charge in [-0.05, 0) is 69.5 Å². The average molecular weight is 440 g/mol. The number of nitrogens with two attached hydrogens (primary N) is 1. The quantitative estimate of drug-likeness (QED) is 0.548. The Bertz CT molecular complexity index is 1120. The van der Waals surface area contributed by atoms with Crippen LogP contribution in [0, 0.1) is 12.7 Å². The lowest BCUT2D eigenvalue weighted by molar-refractivity contribution is -0.124. The maximum atomic E-state index is 14.8. The van der Waals surface area contributed by atoms with Crippen LogP contribution in [0.5, 0.6) is 11.5 Å². The molecular weight excluding hydrogens is 409 g/mol. The van der Waals surface area contributed by atoms with Gasteiger partial charge in [-0.15, -0.1) is 0 Å². The minimum Gasteiger partial charge on any atom is -0.453 e. The van der Waals surface area contributed by atoms with E-state index in [1.807, 2.05) is 13.1 Å². The number of aryl methyl sites for hydroxylation is 1. The molecule has 0 spiro atoms. The first-order valence-electron chi connectivity index (χ1n) is 10.9. The van der Waals surface area contributed by atoms with Gasteiger partial charge in [-0.3, -0.25) is 4.79 Å². The number of benzene rings is 1. The molecule has 3 aromatic rings. The van der Waals surface area contributed by atoms with Crippen LogP contribution in [0.1, 0.15) is 30.9 Å². The SMILES string of the molecule is Cc1c[nH]c2nccc(Oc3ccc(CC(N)C(=O)NC4(C)CCN(C)CC4)cc3F)c12. The van der Waals surface area contributed by atoms with Crippen molar-refractivity contribution in [1.29, 1.82) is 0 Å². The number of amides is 1. The van der Waals surface area contributed by atoms with Crippen molar-refractivity contribution in [3.8, 4) is 11.5 Å². The van der Waals surface area contributed by atoms with E-state index in [-0.39, 0.29) is 23.6 Å². The van der Waals surface area contributed by atoms with E-state index >= 15 is 0 Å². The topological polar surface area (TPSA) is 96.3 Å². The molecule has 170 valence electrons. The van der Waals surface area contributed by atoms with Crippen LogP contribution in [0.25, 0.3) is 11.0 Å². The Morgan fingerprint density at radius 1 is 1.34 bits per heavy atom. The van der Waals surface area contributed by atoms with E-state index in [0.717, 1.165) is 36.9 Å². The predicted molar refractivity (Wildman–Crippen MR) is 122 cm³/mol. The Labute approximate surface area is 187 Å². The standard InChI is InChI=1S/C24H30FN5O2/c1-15-14-28-22-21(15)20(6-9-27-22)32-19-5-4-16(12-17(19)25)13-18(26)23(31)29-24(2)7-10-30(3)11-8-24/h4-6,9,12,14,18H,7-8,10-11,13,26H2,1-3H3,(H,27,28)(H,29,31). The number of hydrogen-bond acceptors (Lipinski definition) is 5. The Balaban J connectivity index is 1.42. The Hall–Kier alpha value is -2.97. The second-order valence-corrected chi connectivity index (χ2v) is 9.04. The normalized spacial score (nSPS) is 17.3. The number of nitrogens with zero attached hydrogens (tertiary/aromatic N) is 2. The average Bonchev–Trinajstić information content (AvgIpc) is 3.14. The molecule has 1 aliphatic rings. The number of aromatic amines is 1. The summed E-state index contributed by atoms with van der Waals surface area (Å²) >= 11 is 0. The van der Waals surface area contributed by atoms with Crippen LogP contribution in [-0.2, 0) is 11.2 Å². The third kappa shape index (κ3) is 4.76. The zero-order chi connectivity index (χ0) is 22.9. The summed E-state index contributed by atoms with van der Waals surface area (Å²) in [5, 5.41) is 3.91. The summed E-state index contributed by atoms with van der Waals surface area (Å²) in [6.07, 6.45) is 5.46. The molecule has 8 heteroatoms. The van der Waals surface area contributed by atoms with E-state index in [0.29, 0.717) is 17.0 Å². The molecule has 0 radical (unpaired) electrons. The van der Waals surface area contributed by atoms with E-state index in [1.54, 1.807) is 24.4 Å². The van der Waals surface area contributed by atoms with Gasteiger partial charge < -0.3 is 25.7 Å². The van der Waals surface area contributed by atoms with Crippen molar-refractivity contribution in [2.75, 3.05) is 20.1 Å². The number of ether oxygens (including phenoxy) is 1. The largest absolute Gasteiger partial charge is 0.453 e. The lowest BCUT2D eigenvalue weighted by atomic mass is 9.89. The van der Waals surface area contributed by atoms with Crippen molar-refractivity contribution in [1.82, 2.24) is 20.2 Å². The molecule has 1 atom stereocenters. The number of aromatic nitrogens is 2. The number of carbonyl (C=O) groups excluding carboxylic acids is 1. The molecule has 32 heavy (non-hydrogen) atoms. The maximum Gasteiger partial charge on any atom is 0.237 e. The predicted octanol–water partition coefficient (Wildman–Crippen LogP) is 3.27. The molecule has 0 bridgehead atoms. The van der Waals surface area contributed by atoms with Gasteiger partial charge in [0.25, 0.3) is 0 Å². The van der Waals surface area contributed by atoms with Crippen molar-refractivity contribution < 1.29 is 13.9 Å². The highest BCUT2D eigenvalue weighted by Gasteiger charge is 2.31. The first-order valence-corrected chi connectivity index (χ1v) is 10.9. The molecule has 1 fully saturated rings. The number of nitrogens with one attached hydrogen (secondary N) is 2. The molecule has 2 aromatic heterocycles. The van der Waals surface area contributed by atoms with Gasteiger partial charge in [0.05, 0.1) is 11.4 Å². The van der Waals surface area contributed by atoms with Crippen LogP contribution in [0.4, 0.5) is 4.39 Å². The fourth-order valence-electron chi connectivity index (χ4n) is 4.11. The molecule has 1 aliphatic heterocycles. The number of rotatable bonds is 6. The van der Waals surface area contributed by atoms with Gasteiger partial charge in [-0.1, -0.05) is 6.07 Å². The van der Waals surface area contributed by atoms with Gasteiger partial charge in [0, 0.05) is 31.0 Å². The lowest BCUT2D eigenvalue weighted by Crippen LogP contribution is -2.56. The van der Waals surface area contributed by atoms with Gasteiger partial charge in [0.2, 0.25) is 5.91 Å². The van der Waals surface area contributed by atoms with Crippen LogP contribution < -0.4 is 15.8 Å². The number of hydrogen-bond donors (Lipinski definition) is 3. The lowest BCUT2D eigenvalue weighted by Gasteiger charge is -2.39. The van der Waals surface area contributed by atoms with Gasteiger partial charge in [-0.25, -0.2) is 9.37 Å². The number of fused-ring (bicyclic) bond motifs is 1. The van der Waals surface area contributed by atoms with Crippen LogP contribution in [0.3, 0.4) is 0 Å². The highest BCUT2D eigenvalue weighted by atomic mass is 19.1. The highest BCUT2D eigenvalue weighted by molar-refractivity contribution is 5.86.